The molecule has 0 aliphatic carbocycles. The Kier molecular flexibility index (Phi) is 2.07. The summed E-state index contributed by atoms with van der Waals surface area (Å²) in [6.07, 6.45) is 0.291. The van der Waals surface area contributed by atoms with Gasteiger partial charge in [-0.2, -0.15) is 0 Å². The van der Waals surface area contributed by atoms with Crippen molar-refractivity contribution < 1.29 is 9.84 Å². The van der Waals surface area contributed by atoms with E-state index in [2.05, 4.69) is 15.9 Å². The number of benzene rings is 1. The fraction of sp³-hybridized carbons (Fsp3) is 0.333. The second-order valence-electron chi connectivity index (χ2n) is 2.80. The Morgan fingerprint density at radius 2 is 2.33 bits per heavy atom. The van der Waals surface area contributed by atoms with E-state index < -0.39 is 0 Å². The lowest BCUT2D eigenvalue weighted by Crippen LogP contribution is -2.13. The van der Waals surface area contributed by atoms with E-state index in [-0.39, 0.29) is 6.10 Å². The molecule has 64 valence electrons. The number of aliphatic hydroxyl groups excluding tert-OH is 1. The van der Waals surface area contributed by atoms with Crippen LogP contribution in [0.2, 0.25) is 0 Å². The number of fused-ring (bicyclic) bond motifs is 1. The van der Waals surface area contributed by atoms with Crippen molar-refractivity contribution >= 4 is 15.9 Å². The highest BCUT2D eigenvalue weighted by atomic mass is 79.9. The van der Waals surface area contributed by atoms with Gasteiger partial charge in [0.2, 0.25) is 0 Å². The quantitative estimate of drug-likeness (QED) is 0.739. The van der Waals surface area contributed by atoms with Crippen LogP contribution in [0.25, 0.3) is 0 Å². The minimum Gasteiger partial charge on any atom is -0.493 e. The Hall–Kier alpha value is -0.540. The molecule has 1 unspecified atom stereocenters. The number of halogens is 1. The van der Waals surface area contributed by atoms with E-state index >= 15 is 0 Å². The first-order chi connectivity index (χ1) is 5.79. The van der Waals surface area contributed by atoms with Crippen LogP contribution in [0, 0.1) is 0 Å². The largest absolute Gasteiger partial charge is 0.493 e. The second kappa shape index (κ2) is 3.07. The average Bonchev–Trinajstić information content (AvgIpc) is 2.04. The summed E-state index contributed by atoms with van der Waals surface area (Å²) in [6, 6.07) is 5.69. The Balaban J connectivity index is 2.53. The minimum atomic E-state index is -0.385. The first-order valence-corrected chi connectivity index (χ1v) is 4.67. The van der Waals surface area contributed by atoms with Crippen LogP contribution in [0.1, 0.15) is 18.1 Å². The third kappa shape index (κ3) is 1.23. The molecule has 0 saturated carbocycles. The first kappa shape index (κ1) is 8.08. The Morgan fingerprint density at radius 1 is 1.50 bits per heavy atom. The maximum Gasteiger partial charge on any atom is 0.126 e. The fourth-order valence-corrected chi connectivity index (χ4v) is 2.00. The molecule has 0 saturated heterocycles. The average molecular weight is 229 g/mol. The molecule has 0 amide bonds. The van der Waals surface area contributed by atoms with Crippen molar-refractivity contribution in [2.75, 3.05) is 6.61 Å². The maximum absolute atomic E-state index is 9.63. The van der Waals surface area contributed by atoms with Crippen molar-refractivity contribution in [1.82, 2.24) is 0 Å². The smallest absolute Gasteiger partial charge is 0.126 e. The van der Waals surface area contributed by atoms with Crippen LogP contribution in [0.4, 0.5) is 0 Å². The molecule has 0 bridgehead atoms. The molecule has 0 spiro atoms. The van der Waals surface area contributed by atoms with Crippen LogP contribution < -0.4 is 4.74 Å². The van der Waals surface area contributed by atoms with Gasteiger partial charge in [-0.1, -0.05) is 22.0 Å². The van der Waals surface area contributed by atoms with E-state index in [9.17, 15) is 5.11 Å². The molecule has 2 nitrogen and oxygen atoms in total. The normalized spacial score (nSPS) is 21.3. The third-order valence-electron chi connectivity index (χ3n) is 1.99. The van der Waals surface area contributed by atoms with E-state index in [1.54, 1.807) is 0 Å². The van der Waals surface area contributed by atoms with Gasteiger partial charge in [0, 0.05) is 16.5 Å². The second-order valence-corrected chi connectivity index (χ2v) is 3.66. The van der Waals surface area contributed by atoms with Crippen LogP contribution in [0.3, 0.4) is 0 Å². The van der Waals surface area contributed by atoms with Gasteiger partial charge >= 0.3 is 0 Å². The Bertz CT molecular complexity index is 299. The van der Waals surface area contributed by atoms with Crippen molar-refractivity contribution in [2.45, 2.75) is 12.5 Å². The van der Waals surface area contributed by atoms with Gasteiger partial charge in [-0.25, -0.2) is 0 Å². The summed E-state index contributed by atoms with van der Waals surface area (Å²) in [5, 5.41) is 9.63. The molecule has 2 rings (SSSR count). The van der Waals surface area contributed by atoms with Gasteiger partial charge in [-0.15, -0.1) is 0 Å². The fourth-order valence-electron chi connectivity index (χ4n) is 1.39. The molecule has 0 aromatic heterocycles. The Labute approximate surface area is 79.3 Å². The molecule has 12 heavy (non-hydrogen) atoms. The topological polar surface area (TPSA) is 29.5 Å². The van der Waals surface area contributed by atoms with Gasteiger partial charge in [0.05, 0.1) is 12.7 Å². The molecule has 1 aliphatic rings. The minimum absolute atomic E-state index is 0.385. The molecular formula is C9H9BrO2. The van der Waals surface area contributed by atoms with E-state index in [1.807, 2.05) is 18.2 Å². The molecular weight excluding hydrogens is 220 g/mol. The van der Waals surface area contributed by atoms with Crippen molar-refractivity contribution in [3.63, 3.8) is 0 Å². The van der Waals surface area contributed by atoms with E-state index in [0.717, 1.165) is 15.8 Å². The van der Waals surface area contributed by atoms with Gasteiger partial charge in [-0.05, 0) is 12.1 Å². The lowest BCUT2D eigenvalue weighted by Gasteiger charge is -2.22. The van der Waals surface area contributed by atoms with Crippen LogP contribution in [0.15, 0.2) is 22.7 Å². The molecule has 1 aliphatic heterocycles. The van der Waals surface area contributed by atoms with Crippen LogP contribution in [-0.4, -0.2) is 11.7 Å². The van der Waals surface area contributed by atoms with Crippen LogP contribution in [-0.2, 0) is 0 Å². The standard InChI is InChI=1S/C9H9BrO2/c10-6-2-1-3-8-9(6)7(11)4-5-12-8/h1-3,7,11H,4-5H2. The highest BCUT2D eigenvalue weighted by Gasteiger charge is 2.20. The first-order valence-electron chi connectivity index (χ1n) is 3.88. The maximum atomic E-state index is 9.63. The van der Waals surface area contributed by atoms with E-state index in [0.29, 0.717) is 13.0 Å². The zero-order valence-corrected chi connectivity index (χ0v) is 8.04. The molecule has 3 heteroatoms. The van der Waals surface area contributed by atoms with Crippen LogP contribution >= 0.6 is 15.9 Å². The molecule has 1 heterocycles. The van der Waals surface area contributed by atoms with Crippen LogP contribution in [0.5, 0.6) is 5.75 Å². The summed E-state index contributed by atoms with van der Waals surface area (Å²) < 4.78 is 6.31. The highest BCUT2D eigenvalue weighted by molar-refractivity contribution is 9.10. The van der Waals surface area contributed by atoms with E-state index in [4.69, 9.17) is 4.74 Å². The highest BCUT2D eigenvalue weighted by Crippen LogP contribution is 2.36. The molecule has 1 atom stereocenters. The molecule has 1 N–H and O–H groups in total. The molecule has 1 aromatic carbocycles. The summed E-state index contributed by atoms with van der Waals surface area (Å²) in [5.74, 6) is 0.795. The van der Waals surface area contributed by atoms with Gasteiger partial charge < -0.3 is 9.84 Å². The van der Waals surface area contributed by atoms with Crippen molar-refractivity contribution in [1.29, 1.82) is 0 Å². The molecule has 0 radical (unpaired) electrons. The number of rotatable bonds is 0. The summed E-state index contributed by atoms with van der Waals surface area (Å²) >= 11 is 3.38. The lowest BCUT2D eigenvalue weighted by atomic mass is 10.0. The van der Waals surface area contributed by atoms with Gasteiger partial charge in [0.1, 0.15) is 5.75 Å². The predicted molar refractivity (Wildman–Crippen MR) is 49.2 cm³/mol. The Morgan fingerprint density at radius 3 is 3.08 bits per heavy atom. The summed E-state index contributed by atoms with van der Waals surface area (Å²) in [7, 11) is 0. The monoisotopic (exact) mass is 228 g/mol. The van der Waals surface area contributed by atoms with Crippen molar-refractivity contribution in [3.05, 3.63) is 28.2 Å². The van der Waals surface area contributed by atoms with Gasteiger partial charge in [0.25, 0.3) is 0 Å². The SMILES string of the molecule is OC1CCOc2cccc(Br)c21. The molecule has 0 fully saturated rings. The van der Waals surface area contributed by atoms with Crippen molar-refractivity contribution in [2.24, 2.45) is 0 Å². The summed E-state index contributed by atoms with van der Waals surface area (Å²) in [4.78, 5) is 0. The van der Waals surface area contributed by atoms with Crippen molar-refractivity contribution in [3.8, 4) is 5.75 Å². The zero-order chi connectivity index (χ0) is 8.55. The number of ether oxygens (including phenoxy) is 1. The number of hydrogen-bond acceptors (Lipinski definition) is 2. The number of hydrogen-bond donors (Lipinski definition) is 1. The lowest BCUT2D eigenvalue weighted by molar-refractivity contribution is 0.114. The zero-order valence-electron chi connectivity index (χ0n) is 6.46. The van der Waals surface area contributed by atoms with Gasteiger partial charge in [0.15, 0.2) is 0 Å². The number of aliphatic hydroxyl groups is 1. The predicted octanol–water partition coefficient (Wildman–Crippen LogP) is 2.27. The third-order valence-corrected chi connectivity index (χ3v) is 2.69. The van der Waals surface area contributed by atoms with E-state index in [1.165, 1.54) is 0 Å². The summed E-state index contributed by atoms with van der Waals surface area (Å²) in [6.45, 7) is 0.602. The van der Waals surface area contributed by atoms with Gasteiger partial charge in [-0.3, -0.25) is 0 Å². The summed E-state index contributed by atoms with van der Waals surface area (Å²) in [5.41, 5.74) is 0.878. The molecule has 1 aromatic rings.